The van der Waals surface area contributed by atoms with E-state index in [-0.39, 0.29) is 33.4 Å². The highest BCUT2D eigenvalue weighted by molar-refractivity contribution is 7.91. The Morgan fingerprint density at radius 3 is 2.55 bits per heavy atom. The SMILES string of the molecule is CCS(=O)(=O)c1ccc(CNc2nc3cnc(Cl)nc3n(C3CCC3)c2=O)cc1. The summed E-state index contributed by atoms with van der Waals surface area (Å²) < 4.78 is 25.5. The van der Waals surface area contributed by atoms with Crippen molar-refractivity contribution in [2.75, 3.05) is 11.1 Å². The maximum absolute atomic E-state index is 13.0. The minimum Gasteiger partial charge on any atom is -0.361 e. The molecule has 1 saturated carbocycles. The summed E-state index contributed by atoms with van der Waals surface area (Å²) in [6.45, 7) is 1.94. The van der Waals surface area contributed by atoms with E-state index < -0.39 is 9.84 Å². The number of hydrogen-bond acceptors (Lipinski definition) is 7. The third-order valence-electron chi connectivity index (χ3n) is 5.16. The molecule has 1 aromatic carbocycles. The molecular formula is C19H20ClN5O3S. The van der Waals surface area contributed by atoms with Crippen molar-refractivity contribution in [1.29, 1.82) is 0 Å². The van der Waals surface area contributed by atoms with Gasteiger partial charge in [-0.3, -0.25) is 9.36 Å². The van der Waals surface area contributed by atoms with Crippen LogP contribution in [0, 0.1) is 0 Å². The first kappa shape index (κ1) is 19.8. The number of sulfone groups is 1. The molecule has 1 aliphatic carbocycles. The minimum atomic E-state index is -3.24. The monoisotopic (exact) mass is 433 g/mol. The van der Waals surface area contributed by atoms with Crippen molar-refractivity contribution < 1.29 is 8.42 Å². The molecule has 0 radical (unpaired) electrons. The summed E-state index contributed by atoms with van der Waals surface area (Å²) in [6, 6.07) is 6.68. The molecule has 0 atom stereocenters. The lowest BCUT2D eigenvalue weighted by molar-refractivity contribution is 0.313. The van der Waals surface area contributed by atoms with E-state index in [1.165, 1.54) is 6.20 Å². The first-order valence-electron chi connectivity index (χ1n) is 9.39. The molecule has 0 bridgehead atoms. The van der Waals surface area contributed by atoms with Gasteiger partial charge in [-0.1, -0.05) is 19.1 Å². The molecule has 4 rings (SSSR count). The maximum Gasteiger partial charge on any atom is 0.295 e. The van der Waals surface area contributed by atoms with Crippen LogP contribution in [0.2, 0.25) is 5.28 Å². The molecular weight excluding hydrogens is 414 g/mol. The Bertz CT molecular complexity index is 1220. The molecule has 0 saturated heterocycles. The van der Waals surface area contributed by atoms with E-state index in [1.54, 1.807) is 35.8 Å². The van der Waals surface area contributed by atoms with Gasteiger partial charge in [0.15, 0.2) is 21.3 Å². The van der Waals surface area contributed by atoms with Crippen molar-refractivity contribution in [3.05, 3.63) is 51.7 Å². The average molecular weight is 434 g/mol. The second-order valence-electron chi connectivity index (χ2n) is 6.97. The van der Waals surface area contributed by atoms with Crippen LogP contribution < -0.4 is 10.9 Å². The molecule has 0 unspecified atom stereocenters. The average Bonchev–Trinajstić information content (AvgIpc) is 2.68. The molecule has 1 aliphatic rings. The second kappa shape index (κ2) is 7.72. The normalized spacial score (nSPS) is 14.7. The molecule has 2 heterocycles. The molecule has 1 N–H and O–H groups in total. The van der Waals surface area contributed by atoms with Gasteiger partial charge in [0.25, 0.3) is 5.56 Å². The highest BCUT2D eigenvalue weighted by atomic mass is 35.5. The molecule has 10 heteroatoms. The van der Waals surface area contributed by atoms with E-state index >= 15 is 0 Å². The first-order chi connectivity index (χ1) is 13.9. The summed E-state index contributed by atoms with van der Waals surface area (Å²) in [5.74, 6) is 0.263. The number of aromatic nitrogens is 4. The third-order valence-corrected chi connectivity index (χ3v) is 7.10. The predicted molar refractivity (Wildman–Crippen MR) is 111 cm³/mol. The molecule has 29 heavy (non-hydrogen) atoms. The van der Waals surface area contributed by atoms with Crippen LogP contribution in [-0.2, 0) is 16.4 Å². The van der Waals surface area contributed by atoms with Crippen LogP contribution in [0.4, 0.5) is 5.82 Å². The number of anilines is 1. The van der Waals surface area contributed by atoms with E-state index in [2.05, 4.69) is 20.3 Å². The van der Waals surface area contributed by atoms with Gasteiger partial charge in [0, 0.05) is 12.6 Å². The topological polar surface area (TPSA) is 107 Å². The van der Waals surface area contributed by atoms with Gasteiger partial charge in [-0.25, -0.2) is 18.4 Å². The van der Waals surface area contributed by atoms with E-state index in [4.69, 9.17) is 11.6 Å². The molecule has 0 amide bonds. The van der Waals surface area contributed by atoms with Crippen LogP contribution in [0.1, 0.15) is 37.8 Å². The highest BCUT2D eigenvalue weighted by Crippen LogP contribution is 2.32. The van der Waals surface area contributed by atoms with Crippen molar-refractivity contribution in [2.24, 2.45) is 0 Å². The van der Waals surface area contributed by atoms with Crippen LogP contribution in [0.25, 0.3) is 11.2 Å². The standard InChI is InChI=1S/C19H20ClN5O3S/c1-2-29(27,28)14-8-6-12(7-9-14)10-21-16-18(26)25(13-4-3-5-13)17-15(23-16)11-22-19(20)24-17/h6-9,11,13H,2-5,10H2,1H3,(H,21,23). The van der Waals surface area contributed by atoms with Gasteiger partial charge in [0.05, 0.1) is 16.8 Å². The fraction of sp³-hybridized carbons (Fsp3) is 0.368. The maximum atomic E-state index is 13.0. The molecule has 8 nitrogen and oxygen atoms in total. The van der Waals surface area contributed by atoms with E-state index in [1.807, 2.05) is 0 Å². The van der Waals surface area contributed by atoms with Gasteiger partial charge in [-0.15, -0.1) is 0 Å². The Morgan fingerprint density at radius 2 is 1.93 bits per heavy atom. The Morgan fingerprint density at radius 1 is 1.21 bits per heavy atom. The zero-order chi connectivity index (χ0) is 20.6. The van der Waals surface area contributed by atoms with E-state index in [9.17, 15) is 13.2 Å². The Labute approximate surface area is 172 Å². The smallest absolute Gasteiger partial charge is 0.295 e. The molecule has 3 aromatic rings. The predicted octanol–water partition coefficient (Wildman–Crippen LogP) is 2.97. The second-order valence-corrected chi connectivity index (χ2v) is 9.59. The first-order valence-corrected chi connectivity index (χ1v) is 11.4. The zero-order valence-electron chi connectivity index (χ0n) is 15.8. The van der Waals surface area contributed by atoms with Gasteiger partial charge < -0.3 is 5.32 Å². The van der Waals surface area contributed by atoms with Gasteiger partial charge >= 0.3 is 0 Å². The number of fused-ring (bicyclic) bond motifs is 1. The van der Waals surface area contributed by atoms with Crippen molar-refractivity contribution in [3.8, 4) is 0 Å². The summed E-state index contributed by atoms with van der Waals surface area (Å²) in [7, 11) is -3.24. The van der Waals surface area contributed by atoms with Crippen LogP contribution >= 0.6 is 11.6 Å². The van der Waals surface area contributed by atoms with Crippen molar-refractivity contribution in [2.45, 2.75) is 43.7 Å². The van der Waals surface area contributed by atoms with Crippen molar-refractivity contribution >= 4 is 38.4 Å². The Balaban J connectivity index is 1.64. The van der Waals surface area contributed by atoms with Crippen LogP contribution in [0.15, 0.2) is 40.2 Å². The Kier molecular flexibility index (Phi) is 5.26. The van der Waals surface area contributed by atoms with E-state index in [0.29, 0.717) is 17.7 Å². The van der Waals surface area contributed by atoms with Crippen LogP contribution in [0.5, 0.6) is 0 Å². The van der Waals surface area contributed by atoms with Crippen molar-refractivity contribution in [1.82, 2.24) is 19.5 Å². The highest BCUT2D eigenvalue weighted by Gasteiger charge is 2.25. The summed E-state index contributed by atoms with van der Waals surface area (Å²) >= 11 is 5.92. The van der Waals surface area contributed by atoms with Gasteiger partial charge in [-0.05, 0) is 48.6 Å². The number of nitrogens with zero attached hydrogens (tertiary/aromatic N) is 4. The minimum absolute atomic E-state index is 0.0540. The largest absolute Gasteiger partial charge is 0.361 e. The number of hydrogen-bond donors (Lipinski definition) is 1. The van der Waals surface area contributed by atoms with Gasteiger partial charge in [-0.2, -0.15) is 4.98 Å². The molecule has 1 fully saturated rings. The fourth-order valence-electron chi connectivity index (χ4n) is 3.25. The molecule has 0 aliphatic heterocycles. The number of benzene rings is 1. The molecule has 2 aromatic heterocycles. The lowest BCUT2D eigenvalue weighted by Gasteiger charge is -2.28. The van der Waals surface area contributed by atoms with Crippen LogP contribution in [-0.4, -0.2) is 33.7 Å². The summed E-state index contributed by atoms with van der Waals surface area (Å²) in [5, 5.41) is 3.15. The summed E-state index contributed by atoms with van der Waals surface area (Å²) in [4.78, 5) is 25.9. The fourth-order valence-corrected chi connectivity index (χ4v) is 4.26. The number of nitrogens with one attached hydrogen (secondary N) is 1. The van der Waals surface area contributed by atoms with Gasteiger partial charge in [0.2, 0.25) is 5.28 Å². The molecule has 152 valence electrons. The zero-order valence-corrected chi connectivity index (χ0v) is 17.4. The van der Waals surface area contributed by atoms with Gasteiger partial charge in [0.1, 0.15) is 5.52 Å². The van der Waals surface area contributed by atoms with E-state index in [0.717, 1.165) is 24.8 Å². The van der Waals surface area contributed by atoms with Crippen molar-refractivity contribution in [3.63, 3.8) is 0 Å². The lowest BCUT2D eigenvalue weighted by Crippen LogP contribution is -2.32. The molecule has 0 spiro atoms. The summed E-state index contributed by atoms with van der Waals surface area (Å²) in [6.07, 6.45) is 4.39. The van der Waals surface area contributed by atoms with Crippen LogP contribution in [0.3, 0.4) is 0 Å². The lowest BCUT2D eigenvalue weighted by atomic mass is 9.93. The Hall–Kier alpha value is -2.52. The summed E-state index contributed by atoms with van der Waals surface area (Å²) in [5.41, 5.74) is 1.53. The third kappa shape index (κ3) is 3.84. The number of rotatable bonds is 6. The quantitative estimate of drug-likeness (QED) is 0.595. The number of halogens is 1.